The molecule has 2 N–H and O–H groups in total. The summed E-state index contributed by atoms with van der Waals surface area (Å²) < 4.78 is 1.77. The van der Waals surface area contributed by atoms with Crippen LogP contribution in [0.1, 0.15) is 26.2 Å². The Balaban J connectivity index is 1.61. The van der Waals surface area contributed by atoms with Gasteiger partial charge < -0.3 is 15.3 Å². The molecule has 0 unspecified atom stereocenters. The second-order valence-corrected chi connectivity index (χ2v) is 7.22. The van der Waals surface area contributed by atoms with Crippen molar-refractivity contribution in [1.29, 1.82) is 0 Å². The van der Waals surface area contributed by atoms with E-state index >= 15 is 0 Å². The number of aromatic nitrogens is 2. The minimum absolute atomic E-state index is 0.0814. The molecule has 0 spiro atoms. The molecule has 2 aromatic rings. The number of aliphatic imine (C=N–C) groups is 1. The summed E-state index contributed by atoms with van der Waals surface area (Å²) in [7, 11) is 0. The molecule has 0 saturated carbocycles. The zero-order valence-corrected chi connectivity index (χ0v) is 16.1. The first kappa shape index (κ1) is 18.4. The third kappa shape index (κ3) is 3.71. The highest BCUT2D eigenvalue weighted by atomic mass is 16.3. The molecule has 2 aromatic heterocycles. The molecule has 7 nitrogen and oxygen atoms in total. The van der Waals surface area contributed by atoms with Gasteiger partial charge in [0.15, 0.2) is 11.6 Å². The maximum absolute atomic E-state index is 11.7. The Morgan fingerprint density at radius 2 is 2.04 bits per heavy atom. The number of aliphatic hydroxyl groups is 1. The van der Waals surface area contributed by atoms with Gasteiger partial charge in [0.25, 0.3) is 0 Å². The summed E-state index contributed by atoms with van der Waals surface area (Å²) in [5.74, 6) is 0.393. The van der Waals surface area contributed by atoms with Crippen molar-refractivity contribution in [3.8, 4) is 0 Å². The van der Waals surface area contributed by atoms with E-state index in [-0.39, 0.29) is 11.5 Å². The van der Waals surface area contributed by atoms with Crippen LogP contribution < -0.4 is 5.32 Å². The van der Waals surface area contributed by atoms with Crippen LogP contribution in [0.4, 0.5) is 11.5 Å². The second kappa shape index (κ2) is 7.98. The average molecular weight is 379 g/mol. The maximum atomic E-state index is 11.7. The number of hydrogen-bond acceptors (Lipinski definition) is 6. The molecular formula is C21H25N5O2. The van der Waals surface area contributed by atoms with Gasteiger partial charge >= 0.3 is 0 Å². The first-order valence-electron chi connectivity index (χ1n) is 9.78. The molecule has 1 fully saturated rings. The van der Waals surface area contributed by atoms with Crippen molar-refractivity contribution in [1.82, 2.24) is 14.5 Å². The first-order chi connectivity index (χ1) is 13.6. The summed E-state index contributed by atoms with van der Waals surface area (Å²) in [5, 5.41) is 18.4. The Morgan fingerprint density at radius 3 is 2.86 bits per heavy atom. The number of hydrogen-bond donors (Lipinski definition) is 2. The second-order valence-electron chi connectivity index (χ2n) is 7.22. The van der Waals surface area contributed by atoms with Crippen LogP contribution in [-0.4, -0.2) is 57.3 Å². The highest BCUT2D eigenvalue weighted by molar-refractivity contribution is 6.21. The topological polar surface area (TPSA) is 82.2 Å². The molecule has 1 saturated heterocycles. The lowest BCUT2D eigenvalue weighted by Crippen LogP contribution is -2.33. The summed E-state index contributed by atoms with van der Waals surface area (Å²) in [5.41, 5.74) is 2.17. The minimum Gasteiger partial charge on any atom is -0.505 e. The third-order valence-corrected chi connectivity index (χ3v) is 5.28. The molecule has 3 heterocycles. The fourth-order valence-corrected chi connectivity index (χ4v) is 3.61. The number of piperidine rings is 1. The van der Waals surface area contributed by atoms with Crippen LogP contribution in [0.25, 0.3) is 5.52 Å². The van der Waals surface area contributed by atoms with Crippen LogP contribution >= 0.6 is 0 Å². The van der Waals surface area contributed by atoms with Gasteiger partial charge in [0.2, 0.25) is 0 Å². The van der Waals surface area contributed by atoms with Crippen molar-refractivity contribution < 1.29 is 9.90 Å². The quantitative estimate of drug-likeness (QED) is 0.779. The van der Waals surface area contributed by atoms with E-state index in [0.29, 0.717) is 22.8 Å². The number of carbonyl (C=O) groups is 1. The van der Waals surface area contributed by atoms with E-state index in [1.54, 1.807) is 17.5 Å². The Hall–Kier alpha value is -2.93. The molecule has 4 rings (SSSR count). The van der Waals surface area contributed by atoms with Crippen molar-refractivity contribution in [2.75, 3.05) is 31.5 Å². The number of anilines is 1. The molecule has 0 amide bonds. The monoisotopic (exact) mass is 379 g/mol. The fourth-order valence-electron chi connectivity index (χ4n) is 3.61. The highest BCUT2D eigenvalue weighted by Gasteiger charge is 2.19. The van der Waals surface area contributed by atoms with Gasteiger partial charge in [-0.25, -0.2) is 9.51 Å². The first-order valence-corrected chi connectivity index (χ1v) is 9.78. The number of ketones is 1. The molecule has 1 aliphatic heterocycles. The van der Waals surface area contributed by atoms with Gasteiger partial charge in [-0.15, -0.1) is 5.10 Å². The Bertz CT molecular complexity index is 980. The van der Waals surface area contributed by atoms with Crippen LogP contribution in [0.15, 0.2) is 52.9 Å². The summed E-state index contributed by atoms with van der Waals surface area (Å²) in [6.07, 6.45) is 8.71. The van der Waals surface area contributed by atoms with Crippen LogP contribution in [0, 0.1) is 0 Å². The summed E-state index contributed by atoms with van der Waals surface area (Å²) in [6, 6.07) is 5.78. The fraction of sp³-hybridized carbons (Fsp3) is 0.381. The van der Waals surface area contributed by atoms with Crippen LogP contribution in [0.2, 0.25) is 0 Å². The molecule has 2 aliphatic rings. The molecule has 0 bridgehead atoms. The van der Waals surface area contributed by atoms with Gasteiger partial charge in [-0.1, -0.05) is 12.5 Å². The molecule has 0 radical (unpaired) electrons. The number of pyridine rings is 1. The molecule has 1 aliphatic carbocycles. The van der Waals surface area contributed by atoms with Gasteiger partial charge in [-0.2, -0.15) is 0 Å². The van der Waals surface area contributed by atoms with Crippen LogP contribution in [-0.2, 0) is 4.79 Å². The Kier molecular flexibility index (Phi) is 5.25. The van der Waals surface area contributed by atoms with Crippen LogP contribution in [0.3, 0.4) is 0 Å². The van der Waals surface area contributed by atoms with Crippen molar-refractivity contribution in [3.63, 3.8) is 0 Å². The number of fused-ring (bicyclic) bond motifs is 1. The van der Waals surface area contributed by atoms with Gasteiger partial charge in [0.05, 0.1) is 5.52 Å². The normalized spacial score (nSPS) is 19.8. The average Bonchev–Trinajstić information content (AvgIpc) is 3.06. The van der Waals surface area contributed by atoms with E-state index in [1.165, 1.54) is 25.3 Å². The predicted octanol–water partition coefficient (Wildman–Crippen LogP) is 3.28. The van der Waals surface area contributed by atoms with Gasteiger partial charge in [-0.3, -0.25) is 4.79 Å². The maximum Gasteiger partial charge on any atom is 0.185 e. The van der Waals surface area contributed by atoms with Gasteiger partial charge in [-0.05, 0) is 57.1 Å². The third-order valence-electron chi connectivity index (χ3n) is 5.28. The number of carbonyl (C=O) groups excluding carboxylic acids is 1. The zero-order valence-electron chi connectivity index (χ0n) is 16.1. The number of nitrogens with zero attached hydrogens (tertiary/aromatic N) is 4. The lowest BCUT2D eigenvalue weighted by Gasteiger charge is -2.26. The van der Waals surface area contributed by atoms with Crippen molar-refractivity contribution >= 4 is 28.5 Å². The lowest BCUT2D eigenvalue weighted by molar-refractivity contribution is -0.111. The van der Waals surface area contributed by atoms with E-state index in [4.69, 9.17) is 0 Å². The number of likely N-dealkylation sites (tertiary alicyclic amines) is 1. The molecule has 146 valence electrons. The van der Waals surface area contributed by atoms with Crippen molar-refractivity contribution in [2.24, 2.45) is 4.99 Å². The van der Waals surface area contributed by atoms with Crippen molar-refractivity contribution in [3.05, 3.63) is 47.9 Å². The Labute approximate surface area is 164 Å². The molecular weight excluding hydrogens is 354 g/mol. The number of allylic oxidation sites excluding steroid dienone is 3. The van der Waals surface area contributed by atoms with E-state index in [2.05, 4.69) is 20.3 Å². The zero-order chi connectivity index (χ0) is 19.5. The lowest BCUT2D eigenvalue weighted by atomic mass is 10.0. The summed E-state index contributed by atoms with van der Waals surface area (Å²) in [4.78, 5) is 18.8. The summed E-state index contributed by atoms with van der Waals surface area (Å²) in [6.45, 7) is 5.64. The largest absolute Gasteiger partial charge is 0.505 e. The van der Waals surface area contributed by atoms with Gasteiger partial charge in [0.1, 0.15) is 17.2 Å². The number of aliphatic hydroxyl groups excluding tert-OH is 1. The summed E-state index contributed by atoms with van der Waals surface area (Å²) >= 11 is 0. The van der Waals surface area contributed by atoms with E-state index in [1.807, 2.05) is 24.4 Å². The predicted molar refractivity (Wildman–Crippen MR) is 111 cm³/mol. The van der Waals surface area contributed by atoms with Crippen molar-refractivity contribution in [2.45, 2.75) is 26.2 Å². The number of rotatable bonds is 5. The number of nitrogens with one attached hydrogen (secondary N) is 1. The van der Waals surface area contributed by atoms with E-state index in [0.717, 1.165) is 31.7 Å². The molecule has 0 aromatic carbocycles. The van der Waals surface area contributed by atoms with E-state index in [9.17, 15) is 9.90 Å². The van der Waals surface area contributed by atoms with E-state index < -0.39 is 0 Å². The Morgan fingerprint density at radius 1 is 1.21 bits per heavy atom. The van der Waals surface area contributed by atoms with Gasteiger partial charge in [0, 0.05) is 24.9 Å². The highest BCUT2D eigenvalue weighted by Crippen LogP contribution is 2.31. The smallest absolute Gasteiger partial charge is 0.185 e. The molecule has 7 heteroatoms. The molecule has 28 heavy (non-hydrogen) atoms. The molecule has 0 atom stereocenters. The SMILES string of the molecule is CC1=C(O)/C(=N/c2c(NCCN3CCCCC3)nn3ccccc23)C=CC1=O. The van der Waals surface area contributed by atoms with Crippen LogP contribution in [0.5, 0.6) is 0 Å². The standard InChI is InChI=1S/C21H25N5O2/c1-15-18(27)9-8-16(20(15)28)23-19-17-7-3-6-13-26(17)24-21(19)22-10-14-25-11-4-2-5-12-25/h3,6-9,13,28H,2,4-5,10-12,14H2,1H3,(H,22,24)/b23-16+. The minimum atomic E-state index is -0.198.